The number of aromatic nitrogens is 3. The Hall–Kier alpha value is -2.58. The van der Waals surface area contributed by atoms with Crippen LogP contribution in [-0.4, -0.2) is 54.0 Å². The average molecular weight is 499 g/mol. The van der Waals surface area contributed by atoms with Crippen molar-refractivity contribution >= 4 is 9.84 Å². The van der Waals surface area contributed by atoms with Crippen LogP contribution >= 0.6 is 0 Å². The highest BCUT2D eigenvalue weighted by atomic mass is 32.2. The van der Waals surface area contributed by atoms with E-state index in [-0.39, 0.29) is 11.7 Å². The molecule has 1 fully saturated rings. The lowest BCUT2D eigenvalue weighted by molar-refractivity contribution is 0.179. The maximum absolute atomic E-state index is 14.1. The molecule has 0 aliphatic carbocycles. The summed E-state index contributed by atoms with van der Waals surface area (Å²) in [5.74, 6) is 2.12. The Bertz CT molecular complexity index is 1250. The number of nitrogens with zero attached hydrogens (tertiary/aromatic N) is 4. The largest absolute Gasteiger partial charge is 0.312 e. The zero-order valence-electron chi connectivity index (χ0n) is 21.0. The summed E-state index contributed by atoms with van der Waals surface area (Å²) >= 11 is 0. The normalized spacial score (nSPS) is 16.6. The van der Waals surface area contributed by atoms with Gasteiger partial charge in [0.2, 0.25) is 0 Å². The van der Waals surface area contributed by atoms with Crippen molar-refractivity contribution in [3.05, 3.63) is 77.1 Å². The van der Waals surface area contributed by atoms with Crippen LogP contribution in [0.1, 0.15) is 73.8 Å². The van der Waals surface area contributed by atoms with Gasteiger partial charge in [-0.05, 0) is 68.1 Å². The Morgan fingerprint density at radius 3 is 2.31 bits per heavy atom. The smallest absolute Gasteiger partial charge is 0.175 e. The van der Waals surface area contributed by atoms with Crippen molar-refractivity contribution in [2.45, 2.75) is 62.8 Å². The third kappa shape index (κ3) is 5.98. The second-order valence-corrected chi connectivity index (χ2v) is 12.0. The van der Waals surface area contributed by atoms with Gasteiger partial charge >= 0.3 is 0 Å². The van der Waals surface area contributed by atoms with E-state index in [4.69, 9.17) is 0 Å². The van der Waals surface area contributed by atoms with Crippen molar-refractivity contribution in [3.63, 3.8) is 0 Å². The molecule has 4 rings (SSSR count). The van der Waals surface area contributed by atoms with Crippen LogP contribution in [0.5, 0.6) is 0 Å². The predicted molar refractivity (Wildman–Crippen MR) is 136 cm³/mol. The standard InChI is InChI=1S/C27H35FN4O2S/c1-19(2)27-30-29-20(3)32(27)24-12-15-31(16-13-24)17-14-26(22-6-5-7-23(28)18-22)21-8-10-25(11-9-21)35(4,33)34/h5-11,18-19,24,26H,12-17H2,1-4H3/t26-/m1/s1. The highest BCUT2D eigenvalue weighted by molar-refractivity contribution is 7.90. The van der Waals surface area contributed by atoms with Crippen LogP contribution < -0.4 is 0 Å². The zero-order chi connectivity index (χ0) is 25.2. The summed E-state index contributed by atoms with van der Waals surface area (Å²) in [5, 5.41) is 8.71. The molecule has 1 aromatic heterocycles. The molecule has 1 aliphatic heterocycles. The number of aryl methyl sites for hydroxylation is 1. The number of piperidine rings is 1. The molecule has 0 bridgehead atoms. The number of halogens is 1. The van der Waals surface area contributed by atoms with Gasteiger partial charge in [0.1, 0.15) is 17.5 Å². The van der Waals surface area contributed by atoms with E-state index in [1.54, 1.807) is 24.3 Å². The number of hydrogen-bond donors (Lipinski definition) is 0. The van der Waals surface area contributed by atoms with Gasteiger partial charge in [-0.1, -0.05) is 38.1 Å². The zero-order valence-corrected chi connectivity index (χ0v) is 21.8. The molecule has 1 aliphatic rings. The number of rotatable bonds is 8. The Kier molecular flexibility index (Phi) is 7.71. The second kappa shape index (κ2) is 10.6. The quantitative estimate of drug-likeness (QED) is 0.432. The van der Waals surface area contributed by atoms with E-state index in [9.17, 15) is 12.8 Å². The third-order valence-electron chi connectivity index (χ3n) is 7.03. The molecule has 2 heterocycles. The van der Waals surface area contributed by atoms with E-state index in [1.165, 1.54) is 12.3 Å². The second-order valence-electron chi connectivity index (χ2n) is 9.94. The summed E-state index contributed by atoms with van der Waals surface area (Å²) in [4.78, 5) is 2.77. The third-order valence-corrected chi connectivity index (χ3v) is 8.16. The molecule has 188 valence electrons. The fourth-order valence-corrected chi connectivity index (χ4v) is 5.77. The van der Waals surface area contributed by atoms with Gasteiger partial charge in [0.05, 0.1) is 4.90 Å². The first kappa shape index (κ1) is 25.5. The minimum Gasteiger partial charge on any atom is -0.312 e. The molecule has 2 aromatic carbocycles. The van der Waals surface area contributed by atoms with Gasteiger partial charge in [-0.3, -0.25) is 0 Å². The summed E-state index contributed by atoms with van der Waals surface area (Å²) in [6.45, 7) is 9.21. The predicted octanol–water partition coefficient (Wildman–Crippen LogP) is 5.11. The van der Waals surface area contributed by atoms with Crippen LogP contribution in [-0.2, 0) is 9.84 Å². The monoisotopic (exact) mass is 498 g/mol. The summed E-state index contributed by atoms with van der Waals surface area (Å²) < 4.78 is 40.1. The number of likely N-dealkylation sites (tertiary alicyclic amines) is 1. The van der Waals surface area contributed by atoms with Gasteiger partial charge in [-0.15, -0.1) is 10.2 Å². The molecule has 1 atom stereocenters. The number of sulfone groups is 1. The maximum atomic E-state index is 14.1. The van der Waals surface area contributed by atoms with Crippen LogP contribution in [0, 0.1) is 12.7 Å². The summed E-state index contributed by atoms with van der Waals surface area (Å²) in [6, 6.07) is 14.2. The molecular formula is C27H35FN4O2S. The molecule has 8 heteroatoms. The average Bonchev–Trinajstić information content (AvgIpc) is 3.21. The van der Waals surface area contributed by atoms with Gasteiger partial charge in [-0.2, -0.15) is 0 Å². The highest BCUT2D eigenvalue weighted by Gasteiger charge is 2.26. The molecule has 0 amide bonds. The lowest BCUT2D eigenvalue weighted by Crippen LogP contribution is -2.36. The summed E-state index contributed by atoms with van der Waals surface area (Å²) in [7, 11) is -3.26. The molecule has 1 saturated heterocycles. The van der Waals surface area contributed by atoms with Crippen molar-refractivity contribution in [3.8, 4) is 0 Å². The number of hydrogen-bond acceptors (Lipinski definition) is 5. The Balaban J connectivity index is 1.46. The fourth-order valence-electron chi connectivity index (χ4n) is 5.14. The summed E-state index contributed by atoms with van der Waals surface area (Å²) in [6.07, 6.45) is 4.13. The van der Waals surface area contributed by atoms with Gasteiger partial charge in [0.15, 0.2) is 9.84 Å². The van der Waals surface area contributed by atoms with Gasteiger partial charge in [0.25, 0.3) is 0 Å². The van der Waals surface area contributed by atoms with Crippen molar-refractivity contribution < 1.29 is 12.8 Å². The highest BCUT2D eigenvalue weighted by Crippen LogP contribution is 2.32. The Labute approximate surface area is 208 Å². The van der Waals surface area contributed by atoms with Crippen molar-refractivity contribution in [1.82, 2.24) is 19.7 Å². The van der Waals surface area contributed by atoms with E-state index < -0.39 is 9.84 Å². The van der Waals surface area contributed by atoms with Crippen LogP contribution in [0.2, 0.25) is 0 Å². The van der Waals surface area contributed by atoms with Gasteiger partial charge in [0, 0.05) is 37.2 Å². The Morgan fingerprint density at radius 2 is 1.71 bits per heavy atom. The first-order valence-electron chi connectivity index (χ1n) is 12.3. The first-order chi connectivity index (χ1) is 16.6. The lowest BCUT2D eigenvalue weighted by Gasteiger charge is -2.34. The van der Waals surface area contributed by atoms with E-state index in [0.717, 1.165) is 61.7 Å². The fraction of sp³-hybridized carbons (Fsp3) is 0.481. The molecule has 0 radical (unpaired) electrons. The molecule has 0 spiro atoms. The number of benzene rings is 2. The van der Waals surface area contributed by atoms with Crippen LogP contribution in [0.4, 0.5) is 4.39 Å². The molecule has 0 saturated carbocycles. The Morgan fingerprint density at radius 1 is 1.03 bits per heavy atom. The minimum absolute atomic E-state index is 0.00956. The minimum atomic E-state index is -3.26. The van der Waals surface area contributed by atoms with E-state index >= 15 is 0 Å². The topological polar surface area (TPSA) is 68.1 Å². The molecular weight excluding hydrogens is 463 g/mol. The van der Waals surface area contributed by atoms with Crippen LogP contribution in [0.15, 0.2) is 53.4 Å². The first-order valence-corrected chi connectivity index (χ1v) is 14.2. The van der Waals surface area contributed by atoms with Gasteiger partial charge in [-0.25, -0.2) is 12.8 Å². The van der Waals surface area contributed by atoms with Crippen LogP contribution in [0.3, 0.4) is 0 Å². The lowest BCUT2D eigenvalue weighted by atomic mass is 9.88. The van der Waals surface area contributed by atoms with E-state index in [2.05, 4.69) is 33.5 Å². The van der Waals surface area contributed by atoms with Crippen molar-refractivity contribution in [2.24, 2.45) is 0 Å². The van der Waals surface area contributed by atoms with Crippen LogP contribution in [0.25, 0.3) is 0 Å². The van der Waals surface area contributed by atoms with Crippen molar-refractivity contribution in [2.75, 3.05) is 25.9 Å². The molecule has 0 unspecified atom stereocenters. The maximum Gasteiger partial charge on any atom is 0.175 e. The summed E-state index contributed by atoms with van der Waals surface area (Å²) in [5.41, 5.74) is 1.91. The molecule has 3 aromatic rings. The van der Waals surface area contributed by atoms with E-state index in [0.29, 0.717) is 16.9 Å². The molecule has 0 N–H and O–H groups in total. The SMILES string of the molecule is Cc1nnc(C(C)C)n1C1CCN(CC[C@H](c2ccc(S(C)(=O)=O)cc2)c2cccc(F)c2)CC1. The van der Waals surface area contributed by atoms with E-state index in [1.807, 2.05) is 25.1 Å². The van der Waals surface area contributed by atoms with Crippen molar-refractivity contribution in [1.29, 1.82) is 0 Å². The molecule has 35 heavy (non-hydrogen) atoms. The van der Waals surface area contributed by atoms with Gasteiger partial charge < -0.3 is 9.47 Å². The molecule has 6 nitrogen and oxygen atoms in total.